The number of carbonyl (C=O) groups is 1. The van der Waals surface area contributed by atoms with Crippen LogP contribution in [0.4, 0.5) is 18.9 Å². The van der Waals surface area contributed by atoms with Gasteiger partial charge in [-0.2, -0.15) is 0 Å². The Morgan fingerprint density at radius 1 is 1.36 bits per heavy atom. The topological polar surface area (TPSA) is 54.0 Å². The summed E-state index contributed by atoms with van der Waals surface area (Å²) in [4.78, 5) is 16.0. The van der Waals surface area contributed by atoms with Crippen LogP contribution in [-0.2, 0) is 11.2 Å². The van der Waals surface area contributed by atoms with Gasteiger partial charge in [-0.1, -0.05) is 23.2 Å². The lowest BCUT2D eigenvalue weighted by Gasteiger charge is -2.32. The number of alkyl halides is 2. The van der Waals surface area contributed by atoms with E-state index in [1.807, 2.05) is 6.92 Å². The number of carbonyl (C=O) groups excluding carboxylic acids is 1. The van der Waals surface area contributed by atoms with Gasteiger partial charge in [0, 0.05) is 24.7 Å². The van der Waals surface area contributed by atoms with Crippen LogP contribution in [0.5, 0.6) is 0 Å². The largest absolute Gasteiger partial charge is 0.324 e. The van der Waals surface area contributed by atoms with Crippen LogP contribution in [0.3, 0.4) is 0 Å². The van der Waals surface area contributed by atoms with Crippen LogP contribution in [0.2, 0.25) is 10.0 Å². The second-order valence-corrected chi connectivity index (χ2v) is 7.50. The summed E-state index contributed by atoms with van der Waals surface area (Å²) in [5, 5.41) is 5.97. The number of rotatable bonds is 5. The predicted octanol–water partition coefficient (Wildman–Crippen LogP) is 5.46. The van der Waals surface area contributed by atoms with Crippen LogP contribution < -0.4 is 10.6 Å². The van der Waals surface area contributed by atoms with Crippen molar-refractivity contribution in [1.29, 1.82) is 0 Å². The standard InChI is InChI=1S/C19H18Cl2F3N3O/c1-9-11-4-5-25-18(19(23)24)12(11)6-10(26-9)2-3-17(28)27-16-8-14(21)13(20)7-15(16)22/h4-5,7-10,19,26H,2-3,6H2,1H3,(H,27,28). The zero-order valence-corrected chi connectivity index (χ0v) is 16.4. The van der Waals surface area contributed by atoms with Crippen molar-refractivity contribution in [2.24, 2.45) is 0 Å². The van der Waals surface area contributed by atoms with Gasteiger partial charge in [-0.15, -0.1) is 0 Å². The molecule has 28 heavy (non-hydrogen) atoms. The Balaban J connectivity index is 1.64. The minimum absolute atomic E-state index is 0.0552. The highest BCUT2D eigenvalue weighted by Gasteiger charge is 2.28. The molecule has 2 unspecified atom stereocenters. The van der Waals surface area contributed by atoms with E-state index in [-0.39, 0.29) is 39.9 Å². The highest BCUT2D eigenvalue weighted by atomic mass is 35.5. The molecule has 2 aromatic rings. The van der Waals surface area contributed by atoms with E-state index < -0.39 is 18.1 Å². The second kappa shape index (κ2) is 8.68. The summed E-state index contributed by atoms with van der Waals surface area (Å²) in [5.41, 5.74) is 1.06. The van der Waals surface area contributed by atoms with Gasteiger partial charge in [0.25, 0.3) is 6.43 Å². The van der Waals surface area contributed by atoms with Gasteiger partial charge in [0.15, 0.2) is 0 Å². The molecule has 150 valence electrons. The van der Waals surface area contributed by atoms with Gasteiger partial charge in [-0.3, -0.25) is 9.78 Å². The third-order valence-electron chi connectivity index (χ3n) is 4.74. The summed E-state index contributed by atoms with van der Waals surface area (Å²) in [5.74, 6) is -1.09. The summed E-state index contributed by atoms with van der Waals surface area (Å²) < 4.78 is 40.4. The average molecular weight is 432 g/mol. The molecule has 4 nitrogen and oxygen atoms in total. The van der Waals surface area contributed by atoms with E-state index in [4.69, 9.17) is 23.2 Å². The number of amides is 1. The molecule has 2 heterocycles. The van der Waals surface area contributed by atoms with E-state index >= 15 is 0 Å². The third kappa shape index (κ3) is 4.59. The molecule has 1 aliphatic heterocycles. The molecule has 0 aliphatic carbocycles. The maximum absolute atomic E-state index is 13.9. The Bertz CT molecular complexity index is 881. The van der Waals surface area contributed by atoms with Crippen molar-refractivity contribution in [3.8, 4) is 0 Å². The SMILES string of the molecule is CC1NC(CCC(=O)Nc2cc(Cl)c(Cl)cc2F)Cc2c1ccnc2C(F)F. The fourth-order valence-electron chi connectivity index (χ4n) is 3.41. The molecular weight excluding hydrogens is 414 g/mol. The highest BCUT2D eigenvalue weighted by Crippen LogP contribution is 2.32. The molecule has 0 bridgehead atoms. The van der Waals surface area contributed by atoms with Crippen LogP contribution in [0.1, 0.15) is 49.1 Å². The first kappa shape index (κ1) is 20.9. The van der Waals surface area contributed by atoms with Crippen LogP contribution >= 0.6 is 23.2 Å². The Morgan fingerprint density at radius 3 is 2.79 bits per heavy atom. The molecule has 0 saturated heterocycles. The minimum Gasteiger partial charge on any atom is -0.324 e. The molecule has 0 spiro atoms. The number of hydrogen-bond acceptors (Lipinski definition) is 3. The Kier molecular flexibility index (Phi) is 6.47. The van der Waals surface area contributed by atoms with Crippen LogP contribution in [-0.4, -0.2) is 16.9 Å². The lowest BCUT2D eigenvalue weighted by molar-refractivity contribution is -0.116. The van der Waals surface area contributed by atoms with E-state index in [1.165, 1.54) is 12.3 Å². The van der Waals surface area contributed by atoms with Gasteiger partial charge in [0.05, 0.1) is 15.7 Å². The van der Waals surface area contributed by atoms with Gasteiger partial charge in [0.2, 0.25) is 5.91 Å². The number of anilines is 1. The first-order valence-corrected chi connectivity index (χ1v) is 9.48. The Hall–Kier alpha value is -1.83. The predicted molar refractivity (Wildman–Crippen MR) is 103 cm³/mol. The molecule has 1 aliphatic rings. The lowest BCUT2D eigenvalue weighted by Crippen LogP contribution is -2.39. The first-order chi connectivity index (χ1) is 13.3. The fourth-order valence-corrected chi connectivity index (χ4v) is 3.72. The Morgan fingerprint density at radius 2 is 2.07 bits per heavy atom. The molecule has 9 heteroatoms. The van der Waals surface area contributed by atoms with Crippen LogP contribution in [0, 0.1) is 5.82 Å². The lowest BCUT2D eigenvalue weighted by atomic mass is 9.88. The van der Waals surface area contributed by atoms with Crippen molar-refractivity contribution in [2.45, 2.75) is 44.7 Å². The van der Waals surface area contributed by atoms with Crippen molar-refractivity contribution >= 4 is 34.8 Å². The molecule has 0 fully saturated rings. The fraction of sp³-hybridized carbons (Fsp3) is 0.368. The number of nitrogens with zero attached hydrogens (tertiary/aromatic N) is 1. The summed E-state index contributed by atoms with van der Waals surface area (Å²) >= 11 is 11.6. The zero-order valence-electron chi connectivity index (χ0n) is 14.9. The summed E-state index contributed by atoms with van der Waals surface area (Å²) in [6.07, 6.45) is -0.429. The number of aromatic nitrogens is 1. The van der Waals surface area contributed by atoms with Crippen molar-refractivity contribution in [3.63, 3.8) is 0 Å². The van der Waals surface area contributed by atoms with E-state index in [0.717, 1.165) is 11.6 Å². The quantitative estimate of drug-likeness (QED) is 0.617. The van der Waals surface area contributed by atoms with E-state index in [9.17, 15) is 18.0 Å². The molecule has 2 atom stereocenters. The number of pyridine rings is 1. The van der Waals surface area contributed by atoms with Gasteiger partial charge in [-0.25, -0.2) is 13.2 Å². The number of hydrogen-bond donors (Lipinski definition) is 2. The zero-order chi connectivity index (χ0) is 20.4. The van der Waals surface area contributed by atoms with Gasteiger partial charge < -0.3 is 10.6 Å². The van der Waals surface area contributed by atoms with E-state index in [0.29, 0.717) is 18.4 Å². The first-order valence-electron chi connectivity index (χ1n) is 8.72. The van der Waals surface area contributed by atoms with E-state index in [2.05, 4.69) is 15.6 Å². The van der Waals surface area contributed by atoms with Crippen LogP contribution in [0.25, 0.3) is 0 Å². The van der Waals surface area contributed by atoms with E-state index in [1.54, 1.807) is 6.07 Å². The summed E-state index contributed by atoms with van der Waals surface area (Å²) in [7, 11) is 0. The molecule has 0 radical (unpaired) electrons. The average Bonchev–Trinajstić information content (AvgIpc) is 2.64. The minimum atomic E-state index is -2.65. The van der Waals surface area contributed by atoms with Gasteiger partial charge in [-0.05, 0) is 49.1 Å². The maximum atomic E-state index is 13.9. The van der Waals surface area contributed by atoms with Crippen molar-refractivity contribution in [2.75, 3.05) is 5.32 Å². The monoisotopic (exact) mass is 431 g/mol. The molecule has 3 rings (SSSR count). The third-order valence-corrected chi connectivity index (χ3v) is 5.46. The molecule has 1 aromatic heterocycles. The smallest absolute Gasteiger partial charge is 0.280 e. The second-order valence-electron chi connectivity index (χ2n) is 6.69. The number of halogens is 5. The van der Waals surface area contributed by atoms with Crippen molar-refractivity contribution in [3.05, 3.63) is 57.1 Å². The number of benzene rings is 1. The summed E-state index contributed by atoms with van der Waals surface area (Å²) in [6, 6.07) is 3.70. The van der Waals surface area contributed by atoms with Crippen molar-refractivity contribution in [1.82, 2.24) is 10.3 Å². The highest BCUT2D eigenvalue weighted by molar-refractivity contribution is 6.42. The number of fused-ring (bicyclic) bond motifs is 1. The van der Waals surface area contributed by atoms with Gasteiger partial charge in [0.1, 0.15) is 11.5 Å². The molecule has 1 aromatic carbocycles. The molecule has 0 saturated carbocycles. The normalized spacial score (nSPS) is 18.8. The molecule has 1 amide bonds. The maximum Gasteiger partial charge on any atom is 0.280 e. The van der Waals surface area contributed by atoms with Crippen molar-refractivity contribution < 1.29 is 18.0 Å². The number of nitrogens with one attached hydrogen (secondary N) is 2. The molecule has 2 N–H and O–H groups in total. The Labute approximate surface area is 170 Å². The van der Waals surface area contributed by atoms with Gasteiger partial charge >= 0.3 is 0 Å². The van der Waals surface area contributed by atoms with Crippen LogP contribution in [0.15, 0.2) is 24.4 Å². The molecular formula is C19H18Cl2F3N3O. The summed E-state index contributed by atoms with van der Waals surface area (Å²) in [6.45, 7) is 1.88.